The van der Waals surface area contributed by atoms with Crippen molar-refractivity contribution in [1.82, 2.24) is 0 Å². The van der Waals surface area contributed by atoms with Crippen LogP contribution in [0.15, 0.2) is 0 Å². The zero-order chi connectivity index (χ0) is 11.6. The Labute approximate surface area is 94.3 Å². The smallest absolute Gasteiger partial charge is 0.303 e. The molecule has 4 nitrogen and oxygen atoms in total. The topological polar surface area (TPSA) is 77.8 Å². The summed E-state index contributed by atoms with van der Waals surface area (Å²) in [5, 5.41) is 29.8. The van der Waals surface area contributed by atoms with E-state index in [4.69, 9.17) is 5.11 Å². The van der Waals surface area contributed by atoms with Crippen LogP contribution in [0.5, 0.6) is 0 Å². The second-order valence-corrected chi connectivity index (χ2v) is 6.53. The summed E-state index contributed by atoms with van der Waals surface area (Å²) >= 11 is 0. The molecule has 4 aliphatic carbocycles. The lowest BCUT2D eigenvalue weighted by atomic mass is 9.45. The fraction of sp³-hybridized carbons (Fsp3) is 0.917. The van der Waals surface area contributed by atoms with E-state index in [0.717, 1.165) is 19.3 Å². The summed E-state index contributed by atoms with van der Waals surface area (Å²) in [6.45, 7) is 0. The fourth-order valence-corrected chi connectivity index (χ4v) is 5.05. The first-order chi connectivity index (χ1) is 7.32. The Bertz CT molecular complexity index is 333. The zero-order valence-electron chi connectivity index (χ0n) is 9.28. The van der Waals surface area contributed by atoms with Crippen LogP contribution in [-0.2, 0) is 4.79 Å². The number of aliphatic hydroxyl groups is 2. The molecule has 4 fully saturated rings. The number of carbonyl (C=O) groups is 1. The minimum absolute atomic E-state index is 0.0914. The molecule has 4 saturated carbocycles. The van der Waals surface area contributed by atoms with Crippen LogP contribution in [-0.4, -0.2) is 32.5 Å². The van der Waals surface area contributed by atoms with Crippen LogP contribution in [0, 0.1) is 11.3 Å². The maximum atomic E-state index is 10.9. The Balaban J connectivity index is 1.95. The summed E-state index contributed by atoms with van der Waals surface area (Å²) < 4.78 is 0. The highest BCUT2D eigenvalue weighted by molar-refractivity contribution is 5.68. The Morgan fingerprint density at radius 2 is 1.62 bits per heavy atom. The predicted octanol–water partition coefficient (Wildman–Crippen LogP) is 0.907. The quantitative estimate of drug-likeness (QED) is 0.654. The van der Waals surface area contributed by atoms with Gasteiger partial charge in [-0.3, -0.25) is 4.79 Å². The van der Waals surface area contributed by atoms with Crippen LogP contribution >= 0.6 is 0 Å². The van der Waals surface area contributed by atoms with E-state index in [0.29, 0.717) is 25.2 Å². The molecule has 2 atom stereocenters. The van der Waals surface area contributed by atoms with E-state index in [-0.39, 0.29) is 11.8 Å². The Kier molecular flexibility index (Phi) is 1.84. The number of hydrogen-bond donors (Lipinski definition) is 3. The molecule has 0 radical (unpaired) electrons. The lowest BCUT2D eigenvalue weighted by Crippen LogP contribution is -2.63. The zero-order valence-corrected chi connectivity index (χ0v) is 9.28. The molecule has 4 aliphatic rings. The van der Waals surface area contributed by atoms with Gasteiger partial charge in [-0.2, -0.15) is 0 Å². The lowest BCUT2D eigenvalue weighted by molar-refractivity contribution is -0.231. The molecule has 0 spiro atoms. The van der Waals surface area contributed by atoms with E-state index in [1.54, 1.807) is 0 Å². The SMILES string of the molecule is O=C(O)CC12CC3CC(O)(CC(O)(C3)C1)C2. The molecule has 3 N–H and O–H groups in total. The summed E-state index contributed by atoms with van der Waals surface area (Å²) in [4.78, 5) is 10.9. The average Bonchev–Trinajstić information content (AvgIpc) is 1.91. The first-order valence-electron chi connectivity index (χ1n) is 5.99. The summed E-state index contributed by atoms with van der Waals surface area (Å²) in [5.74, 6) is -0.500. The molecule has 2 unspecified atom stereocenters. The van der Waals surface area contributed by atoms with E-state index >= 15 is 0 Å². The second kappa shape index (κ2) is 2.79. The normalized spacial score (nSPS) is 54.2. The van der Waals surface area contributed by atoms with E-state index in [9.17, 15) is 15.0 Å². The van der Waals surface area contributed by atoms with Crippen molar-refractivity contribution < 1.29 is 20.1 Å². The molecule has 0 amide bonds. The van der Waals surface area contributed by atoms with Crippen molar-refractivity contribution in [2.75, 3.05) is 0 Å². The van der Waals surface area contributed by atoms with Gasteiger partial charge in [-0.05, 0) is 43.4 Å². The van der Waals surface area contributed by atoms with E-state index < -0.39 is 17.2 Å². The van der Waals surface area contributed by atoms with Gasteiger partial charge in [-0.25, -0.2) is 0 Å². The van der Waals surface area contributed by atoms with Gasteiger partial charge in [-0.15, -0.1) is 0 Å². The van der Waals surface area contributed by atoms with Crippen molar-refractivity contribution in [3.8, 4) is 0 Å². The molecule has 0 aromatic rings. The van der Waals surface area contributed by atoms with Crippen LogP contribution < -0.4 is 0 Å². The summed E-state index contributed by atoms with van der Waals surface area (Å²) in [6.07, 6.45) is 4.01. The van der Waals surface area contributed by atoms with Crippen molar-refractivity contribution >= 4 is 5.97 Å². The van der Waals surface area contributed by atoms with Gasteiger partial charge in [0.25, 0.3) is 0 Å². The molecule has 0 aromatic heterocycles. The molecule has 90 valence electrons. The van der Waals surface area contributed by atoms with Crippen LogP contribution in [0.3, 0.4) is 0 Å². The molecule has 4 rings (SSSR count). The third-order valence-electron chi connectivity index (χ3n) is 4.65. The molecule has 0 aromatic carbocycles. The Morgan fingerprint density at radius 1 is 1.06 bits per heavy atom. The maximum Gasteiger partial charge on any atom is 0.303 e. The second-order valence-electron chi connectivity index (χ2n) is 6.53. The molecule has 4 heteroatoms. The summed E-state index contributed by atoms with van der Waals surface area (Å²) in [5.41, 5.74) is -1.96. The number of rotatable bonds is 2. The number of aliphatic carboxylic acids is 1. The van der Waals surface area contributed by atoms with Crippen molar-refractivity contribution in [3.05, 3.63) is 0 Å². The van der Waals surface area contributed by atoms with Gasteiger partial charge in [0.05, 0.1) is 17.6 Å². The van der Waals surface area contributed by atoms with Crippen molar-refractivity contribution in [2.45, 2.75) is 56.1 Å². The highest BCUT2D eigenvalue weighted by Crippen LogP contribution is 2.64. The molecular formula is C12H18O4. The minimum atomic E-state index is -0.811. The highest BCUT2D eigenvalue weighted by atomic mass is 16.4. The first kappa shape index (κ1) is 10.5. The van der Waals surface area contributed by atoms with Gasteiger partial charge in [-0.1, -0.05) is 0 Å². The van der Waals surface area contributed by atoms with Crippen LogP contribution in [0.2, 0.25) is 0 Å². The van der Waals surface area contributed by atoms with Crippen LogP contribution in [0.1, 0.15) is 44.9 Å². The maximum absolute atomic E-state index is 10.9. The van der Waals surface area contributed by atoms with Crippen molar-refractivity contribution in [2.24, 2.45) is 11.3 Å². The van der Waals surface area contributed by atoms with Gasteiger partial charge >= 0.3 is 5.97 Å². The molecule has 0 saturated heterocycles. The molecule has 4 bridgehead atoms. The van der Waals surface area contributed by atoms with Crippen LogP contribution in [0.4, 0.5) is 0 Å². The fourth-order valence-electron chi connectivity index (χ4n) is 5.05. The van der Waals surface area contributed by atoms with Gasteiger partial charge in [0.1, 0.15) is 0 Å². The van der Waals surface area contributed by atoms with Gasteiger partial charge in [0.15, 0.2) is 0 Å². The van der Waals surface area contributed by atoms with Crippen LogP contribution in [0.25, 0.3) is 0 Å². The van der Waals surface area contributed by atoms with E-state index in [1.807, 2.05) is 0 Å². The summed E-state index contributed by atoms with van der Waals surface area (Å²) in [6, 6.07) is 0. The number of carboxylic acid groups (broad SMARTS) is 1. The molecular weight excluding hydrogens is 208 g/mol. The first-order valence-corrected chi connectivity index (χ1v) is 5.99. The number of hydrogen-bond acceptors (Lipinski definition) is 3. The Hall–Kier alpha value is -0.610. The van der Waals surface area contributed by atoms with Gasteiger partial charge < -0.3 is 15.3 Å². The molecule has 0 heterocycles. The minimum Gasteiger partial charge on any atom is -0.481 e. The lowest BCUT2D eigenvalue weighted by Gasteiger charge is -2.63. The average molecular weight is 226 g/mol. The predicted molar refractivity (Wildman–Crippen MR) is 55.8 cm³/mol. The summed E-state index contributed by atoms with van der Waals surface area (Å²) in [7, 11) is 0. The largest absolute Gasteiger partial charge is 0.481 e. The third-order valence-corrected chi connectivity index (χ3v) is 4.65. The highest BCUT2D eigenvalue weighted by Gasteiger charge is 2.62. The van der Waals surface area contributed by atoms with E-state index in [1.165, 1.54) is 0 Å². The van der Waals surface area contributed by atoms with E-state index in [2.05, 4.69) is 0 Å². The van der Waals surface area contributed by atoms with Crippen molar-refractivity contribution in [1.29, 1.82) is 0 Å². The number of carboxylic acids is 1. The third kappa shape index (κ3) is 1.47. The Morgan fingerprint density at radius 3 is 2.06 bits per heavy atom. The van der Waals surface area contributed by atoms with Crippen molar-refractivity contribution in [3.63, 3.8) is 0 Å². The monoisotopic (exact) mass is 226 g/mol. The van der Waals surface area contributed by atoms with Gasteiger partial charge in [0.2, 0.25) is 0 Å². The molecule has 0 aliphatic heterocycles. The molecule has 16 heavy (non-hydrogen) atoms. The standard InChI is InChI=1S/C12H18O4/c13-9(14)4-10-1-8-2-11(15,5-10)7-12(16,3-8)6-10/h8,15-16H,1-7H2,(H,13,14). The van der Waals surface area contributed by atoms with Gasteiger partial charge in [0, 0.05) is 6.42 Å².